The van der Waals surface area contributed by atoms with Crippen LogP contribution < -0.4 is 0 Å². The van der Waals surface area contributed by atoms with E-state index in [-0.39, 0.29) is 0 Å². The minimum Gasteiger partial charge on any atom is -0.269 e. The lowest BCUT2D eigenvalue weighted by atomic mass is 10.0. The molecule has 1 heteroatoms. The number of nitrogens with zero attached hydrogens (tertiary/aromatic N) is 1. The first-order chi connectivity index (χ1) is 5.35. The molecule has 0 saturated heterocycles. The van der Waals surface area contributed by atoms with Crippen molar-refractivity contribution in [1.82, 2.24) is 0 Å². The minimum atomic E-state index is 0.559. The highest BCUT2D eigenvalue weighted by Gasteiger charge is 1.97. The van der Waals surface area contributed by atoms with E-state index >= 15 is 0 Å². The second-order valence-electron chi connectivity index (χ2n) is 2.47. The Balaban J connectivity index is 3.75. The lowest BCUT2D eigenvalue weighted by Gasteiger charge is -2.02. The van der Waals surface area contributed by atoms with Crippen LogP contribution in [0.5, 0.6) is 0 Å². The molecular weight excluding hydrogens is 134 g/mol. The van der Waals surface area contributed by atoms with Gasteiger partial charge in [-0.3, -0.25) is 4.99 Å². The SMILES string of the molecule is C=CCC(/C=N\C=C/C)CC. The first kappa shape index (κ1) is 10.2. The van der Waals surface area contributed by atoms with Crippen LogP contribution in [0.4, 0.5) is 0 Å². The normalized spacial score (nSPS) is 14.4. The van der Waals surface area contributed by atoms with Gasteiger partial charge in [-0.15, -0.1) is 6.58 Å². The Kier molecular flexibility index (Phi) is 6.70. The fourth-order valence-electron chi connectivity index (χ4n) is 0.804. The maximum absolute atomic E-state index is 4.13. The van der Waals surface area contributed by atoms with Crippen LogP contribution in [-0.4, -0.2) is 6.21 Å². The Bertz CT molecular complexity index is 145. The summed E-state index contributed by atoms with van der Waals surface area (Å²) in [4.78, 5) is 4.13. The standard InChI is InChI=1S/C10H17N/c1-4-7-10(6-3)9-11-8-5-2/h4-5,8-10H,1,6-7H2,2-3H3/b8-5-,11-9-. The van der Waals surface area contributed by atoms with Gasteiger partial charge in [0, 0.05) is 12.4 Å². The molecule has 0 aromatic carbocycles. The quantitative estimate of drug-likeness (QED) is 0.422. The van der Waals surface area contributed by atoms with Gasteiger partial charge < -0.3 is 0 Å². The van der Waals surface area contributed by atoms with E-state index in [1.54, 1.807) is 0 Å². The lowest BCUT2D eigenvalue weighted by Crippen LogP contribution is -1.97. The third kappa shape index (κ3) is 5.59. The van der Waals surface area contributed by atoms with E-state index in [2.05, 4.69) is 18.5 Å². The van der Waals surface area contributed by atoms with Crippen LogP contribution in [0.3, 0.4) is 0 Å². The van der Waals surface area contributed by atoms with E-state index < -0.39 is 0 Å². The number of aliphatic imine (C=N–C) groups is 1. The third-order valence-corrected chi connectivity index (χ3v) is 1.53. The van der Waals surface area contributed by atoms with E-state index in [0.29, 0.717) is 5.92 Å². The molecule has 0 N–H and O–H groups in total. The molecular formula is C10H17N. The fourth-order valence-corrected chi connectivity index (χ4v) is 0.804. The second-order valence-corrected chi connectivity index (χ2v) is 2.47. The summed E-state index contributed by atoms with van der Waals surface area (Å²) in [6.07, 6.45) is 9.82. The smallest absolute Gasteiger partial charge is 0.0221 e. The predicted octanol–water partition coefficient (Wildman–Crippen LogP) is 3.19. The van der Waals surface area contributed by atoms with Crippen LogP contribution in [0.15, 0.2) is 29.9 Å². The Hall–Kier alpha value is -0.850. The van der Waals surface area contributed by atoms with Crippen molar-refractivity contribution in [3.63, 3.8) is 0 Å². The van der Waals surface area contributed by atoms with Gasteiger partial charge in [0.05, 0.1) is 0 Å². The van der Waals surface area contributed by atoms with Gasteiger partial charge in [-0.1, -0.05) is 19.1 Å². The largest absolute Gasteiger partial charge is 0.269 e. The van der Waals surface area contributed by atoms with Crippen molar-refractivity contribution in [2.45, 2.75) is 26.7 Å². The van der Waals surface area contributed by atoms with Gasteiger partial charge in [-0.25, -0.2) is 0 Å². The van der Waals surface area contributed by atoms with Crippen molar-refractivity contribution in [3.8, 4) is 0 Å². The van der Waals surface area contributed by atoms with Crippen molar-refractivity contribution in [2.75, 3.05) is 0 Å². The molecule has 1 unspecified atom stereocenters. The molecule has 11 heavy (non-hydrogen) atoms. The van der Waals surface area contributed by atoms with Gasteiger partial charge in [-0.2, -0.15) is 0 Å². The number of hydrogen-bond donors (Lipinski definition) is 0. The molecule has 0 fully saturated rings. The summed E-state index contributed by atoms with van der Waals surface area (Å²) in [6.45, 7) is 7.82. The van der Waals surface area contributed by atoms with Crippen molar-refractivity contribution >= 4 is 6.21 Å². The molecule has 0 radical (unpaired) electrons. The summed E-state index contributed by atoms with van der Waals surface area (Å²) in [6, 6.07) is 0. The molecule has 0 aliphatic rings. The second kappa shape index (κ2) is 7.26. The molecule has 0 aliphatic heterocycles. The molecule has 0 heterocycles. The topological polar surface area (TPSA) is 12.4 Å². The van der Waals surface area contributed by atoms with Crippen LogP contribution in [0.2, 0.25) is 0 Å². The summed E-state index contributed by atoms with van der Waals surface area (Å²) in [5.74, 6) is 0.559. The average molecular weight is 151 g/mol. The maximum Gasteiger partial charge on any atom is 0.0221 e. The van der Waals surface area contributed by atoms with Gasteiger partial charge >= 0.3 is 0 Å². The highest BCUT2D eigenvalue weighted by atomic mass is 14.7. The van der Waals surface area contributed by atoms with Crippen molar-refractivity contribution in [2.24, 2.45) is 10.9 Å². The Morgan fingerprint density at radius 3 is 2.73 bits per heavy atom. The maximum atomic E-state index is 4.13. The number of hydrogen-bond acceptors (Lipinski definition) is 1. The van der Waals surface area contributed by atoms with E-state index in [9.17, 15) is 0 Å². The van der Waals surface area contributed by atoms with E-state index in [1.165, 1.54) is 0 Å². The molecule has 0 saturated carbocycles. The number of allylic oxidation sites excluding steroid dienone is 2. The zero-order chi connectivity index (χ0) is 8.53. The molecule has 0 aromatic rings. The molecule has 0 rings (SSSR count). The lowest BCUT2D eigenvalue weighted by molar-refractivity contribution is 0.691. The highest BCUT2D eigenvalue weighted by molar-refractivity contribution is 5.61. The molecule has 1 atom stereocenters. The van der Waals surface area contributed by atoms with Crippen molar-refractivity contribution in [3.05, 3.63) is 24.9 Å². The van der Waals surface area contributed by atoms with Gasteiger partial charge in [0.25, 0.3) is 0 Å². The van der Waals surface area contributed by atoms with Crippen LogP contribution in [-0.2, 0) is 0 Å². The molecule has 0 spiro atoms. The summed E-state index contributed by atoms with van der Waals surface area (Å²) in [7, 11) is 0. The molecule has 62 valence electrons. The number of rotatable bonds is 5. The zero-order valence-corrected chi connectivity index (χ0v) is 7.46. The van der Waals surface area contributed by atoms with Gasteiger partial charge in [0.15, 0.2) is 0 Å². The first-order valence-corrected chi connectivity index (χ1v) is 4.10. The van der Waals surface area contributed by atoms with Crippen molar-refractivity contribution < 1.29 is 0 Å². The molecule has 0 aliphatic carbocycles. The van der Waals surface area contributed by atoms with Gasteiger partial charge in [-0.05, 0) is 25.7 Å². The zero-order valence-electron chi connectivity index (χ0n) is 7.46. The molecule has 1 nitrogen and oxygen atoms in total. The molecule has 0 bridgehead atoms. The van der Waals surface area contributed by atoms with Crippen LogP contribution in [0.25, 0.3) is 0 Å². The highest BCUT2D eigenvalue weighted by Crippen LogP contribution is 2.04. The van der Waals surface area contributed by atoms with Crippen LogP contribution in [0.1, 0.15) is 26.7 Å². The van der Waals surface area contributed by atoms with Crippen molar-refractivity contribution in [1.29, 1.82) is 0 Å². The predicted molar refractivity (Wildman–Crippen MR) is 51.9 cm³/mol. The Morgan fingerprint density at radius 1 is 1.55 bits per heavy atom. The average Bonchev–Trinajstić information content (AvgIpc) is 2.03. The minimum absolute atomic E-state index is 0.559. The van der Waals surface area contributed by atoms with Gasteiger partial charge in [0.2, 0.25) is 0 Å². The summed E-state index contributed by atoms with van der Waals surface area (Å²) >= 11 is 0. The van der Waals surface area contributed by atoms with Crippen LogP contribution >= 0.6 is 0 Å². The molecule has 0 aromatic heterocycles. The summed E-state index contributed by atoms with van der Waals surface area (Å²) < 4.78 is 0. The van der Waals surface area contributed by atoms with Gasteiger partial charge in [0.1, 0.15) is 0 Å². The molecule has 0 amide bonds. The van der Waals surface area contributed by atoms with E-state index in [4.69, 9.17) is 0 Å². The first-order valence-electron chi connectivity index (χ1n) is 4.10. The van der Waals surface area contributed by atoms with E-state index in [0.717, 1.165) is 12.8 Å². The third-order valence-electron chi connectivity index (χ3n) is 1.53. The summed E-state index contributed by atoms with van der Waals surface area (Å²) in [5.41, 5.74) is 0. The Labute approximate surface area is 69.5 Å². The van der Waals surface area contributed by atoms with Crippen LogP contribution in [0, 0.1) is 5.92 Å². The Morgan fingerprint density at radius 2 is 2.27 bits per heavy atom. The fraction of sp³-hybridized carbons (Fsp3) is 0.500. The monoisotopic (exact) mass is 151 g/mol. The summed E-state index contributed by atoms with van der Waals surface area (Å²) in [5, 5.41) is 0. The van der Waals surface area contributed by atoms with E-state index in [1.807, 2.05) is 31.5 Å².